The summed E-state index contributed by atoms with van der Waals surface area (Å²) < 4.78 is 5.78. The van der Waals surface area contributed by atoms with Crippen molar-refractivity contribution in [2.75, 3.05) is 0 Å². The van der Waals surface area contributed by atoms with Crippen LogP contribution in [-0.2, 0) is 6.42 Å². The number of hydrogen-bond acceptors (Lipinski definition) is 3. The van der Waals surface area contributed by atoms with E-state index in [0.717, 1.165) is 11.1 Å². The molecule has 0 saturated carbocycles. The molecule has 0 saturated heterocycles. The second kappa shape index (κ2) is 7.15. The van der Waals surface area contributed by atoms with Crippen LogP contribution in [0.15, 0.2) is 66.9 Å². The van der Waals surface area contributed by atoms with Crippen molar-refractivity contribution in [2.24, 2.45) is 0 Å². The lowest BCUT2D eigenvalue weighted by atomic mass is 10.0. The van der Waals surface area contributed by atoms with E-state index in [9.17, 15) is 9.90 Å². The number of aromatic carboxylic acids is 1. The van der Waals surface area contributed by atoms with Gasteiger partial charge in [0, 0.05) is 23.2 Å². The average Bonchev–Trinajstić information content (AvgIpc) is 2.58. The number of carboxylic acids is 1. The Balaban J connectivity index is 1.96. The van der Waals surface area contributed by atoms with Gasteiger partial charge in [-0.15, -0.1) is 0 Å². The summed E-state index contributed by atoms with van der Waals surface area (Å²) in [5.74, 6) is -0.497. The first-order valence-corrected chi connectivity index (χ1v) is 7.70. The van der Waals surface area contributed by atoms with Gasteiger partial charge in [0.05, 0.1) is 0 Å². The summed E-state index contributed by atoms with van der Waals surface area (Å²) in [5.41, 5.74) is 1.97. The van der Waals surface area contributed by atoms with E-state index in [1.165, 1.54) is 12.3 Å². The third kappa shape index (κ3) is 3.73. The van der Waals surface area contributed by atoms with E-state index in [-0.39, 0.29) is 11.4 Å². The Morgan fingerprint density at radius 1 is 1.08 bits per heavy atom. The Morgan fingerprint density at radius 3 is 2.62 bits per heavy atom. The van der Waals surface area contributed by atoms with E-state index >= 15 is 0 Å². The number of pyridine rings is 1. The Hall–Kier alpha value is -2.85. The molecule has 0 amide bonds. The van der Waals surface area contributed by atoms with E-state index in [0.29, 0.717) is 17.2 Å². The van der Waals surface area contributed by atoms with E-state index in [1.54, 1.807) is 18.2 Å². The lowest BCUT2D eigenvalue weighted by Crippen LogP contribution is -2.03. The van der Waals surface area contributed by atoms with Gasteiger partial charge >= 0.3 is 5.97 Å². The molecule has 2 aromatic carbocycles. The molecule has 120 valence electrons. The van der Waals surface area contributed by atoms with Crippen LogP contribution in [0, 0.1) is 0 Å². The minimum atomic E-state index is -1.09. The fraction of sp³-hybridized carbons (Fsp3) is 0.0526. The maximum atomic E-state index is 11.3. The van der Waals surface area contributed by atoms with Crippen molar-refractivity contribution in [1.82, 2.24) is 4.98 Å². The smallest absolute Gasteiger partial charge is 0.341 e. The molecule has 1 heterocycles. The predicted octanol–water partition coefficient (Wildman–Crippen LogP) is 4.82. The molecule has 1 N–H and O–H groups in total. The van der Waals surface area contributed by atoms with Crippen LogP contribution >= 0.6 is 11.6 Å². The summed E-state index contributed by atoms with van der Waals surface area (Å²) in [4.78, 5) is 15.3. The molecule has 0 radical (unpaired) electrons. The van der Waals surface area contributed by atoms with Crippen LogP contribution < -0.4 is 4.74 Å². The molecule has 24 heavy (non-hydrogen) atoms. The molecule has 0 aliphatic rings. The number of ether oxygens (including phenoxy) is 1. The van der Waals surface area contributed by atoms with Gasteiger partial charge in [-0.2, -0.15) is 0 Å². The second-order valence-electron chi connectivity index (χ2n) is 5.18. The Bertz CT molecular complexity index is 865. The van der Waals surface area contributed by atoms with Gasteiger partial charge in [-0.25, -0.2) is 9.78 Å². The topological polar surface area (TPSA) is 59.4 Å². The number of halogens is 1. The first-order valence-electron chi connectivity index (χ1n) is 7.32. The molecule has 0 aliphatic heterocycles. The van der Waals surface area contributed by atoms with E-state index in [1.807, 2.05) is 36.4 Å². The van der Waals surface area contributed by atoms with Gasteiger partial charge in [0.2, 0.25) is 5.88 Å². The largest absolute Gasteiger partial charge is 0.477 e. The molecule has 0 fully saturated rings. The van der Waals surface area contributed by atoms with E-state index in [2.05, 4.69) is 4.98 Å². The van der Waals surface area contributed by atoms with Gasteiger partial charge in [0.1, 0.15) is 11.3 Å². The third-order valence-electron chi connectivity index (χ3n) is 3.47. The number of nitrogens with zero attached hydrogens (tertiary/aromatic N) is 1. The van der Waals surface area contributed by atoms with Crippen LogP contribution in [-0.4, -0.2) is 16.1 Å². The molecule has 0 atom stereocenters. The molecule has 4 nitrogen and oxygen atoms in total. The maximum absolute atomic E-state index is 11.3. The van der Waals surface area contributed by atoms with Crippen LogP contribution in [0.1, 0.15) is 21.5 Å². The molecule has 0 unspecified atom stereocenters. The SMILES string of the molecule is O=C(O)c1cccnc1Oc1ccc(Cl)cc1Cc1ccccc1. The van der Waals surface area contributed by atoms with Gasteiger partial charge < -0.3 is 9.84 Å². The molecular formula is C19H14ClNO3. The number of carboxylic acid groups (broad SMARTS) is 1. The van der Waals surface area contributed by atoms with Crippen molar-refractivity contribution in [2.45, 2.75) is 6.42 Å². The van der Waals surface area contributed by atoms with Gasteiger partial charge in [0.15, 0.2) is 0 Å². The number of carbonyl (C=O) groups is 1. The van der Waals surface area contributed by atoms with Crippen LogP contribution in [0.4, 0.5) is 0 Å². The van der Waals surface area contributed by atoms with Crippen molar-refractivity contribution < 1.29 is 14.6 Å². The normalized spacial score (nSPS) is 10.4. The predicted molar refractivity (Wildman–Crippen MR) is 92.0 cm³/mol. The van der Waals surface area contributed by atoms with Gasteiger partial charge in [-0.1, -0.05) is 41.9 Å². The van der Waals surface area contributed by atoms with E-state index in [4.69, 9.17) is 16.3 Å². The summed E-state index contributed by atoms with van der Waals surface area (Å²) in [7, 11) is 0. The zero-order valence-corrected chi connectivity index (χ0v) is 13.4. The van der Waals surface area contributed by atoms with Crippen molar-refractivity contribution in [3.05, 3.63) is 88.6 Å². The van der Waals surface area contributed by atoms with Crippen molar-refractivity contribution in [3.63, 3.8) is 0 Å². The van der Waals surface area contributed by atoms with Crippen LogP contribution in [0.2, 0.25) is 5.02 Å². The van der Waals surface area contributed by atoms with Crippen molar-refractivity contribution >= 4 is 17.6 Å². The lowest BCUT2D eigenvalue weighted by molar-refractivity contribution is 0.0693. The minimum Gasteiger partial charge on any atom is -0.477 e. The van der Waals surface area contributed by atoms with Gasteiger partial charge in [-0.05, 0) is 35.9 Å². The Morgan fingerprint density at radius 2 is 1.88 bits per heavy atom. The Labute approximate surface area is 144 Å². The molecule has 3 aromatic rings. The fourth-order valence-corrected chi connectivity index (χ4v) is 2.54. The summed E-state index contributed by atoms with van der Waals surface area (Å²) in [6, 6.07) is 18.1. The number of benzene rings is 2. The highest BCUT2D eigenvalue weighted by Gasteiger charge is 2.15. The van der Waals surface area contributed by atoms with Crippen LogP contribution in [0.3, 0.4) is 0 Å². The molecule has 1 aromatic heterocycles. The first-order chi connectivity index (χ1) is 11.6. The van der Waals surface area contributed by atoms with E-state index < -0.39 is 5.97 Å². The number of aromatic nitrogens is 1. The average molecular weight is 340 g/mol. The Kier molecular flexibility index (Phi) is 4.77. The lowest BCUT2D eigenvalue weighted by Gasteiger charge is -2.12. The number of rotatable bonds is 5. The third-order valence-corrected chi connectivity index (χ3v) is 3.70. The summed E-state index contributed by atoms with van der Waals surface area (Å²) >= 11 is 6.10. The van der Waals surface area contributed by atoms with Crippen molar-refractivity contribution in [1.29, 1.82) is 0 Å². The highest BCUT2D eigenvalue weighted by Crippen LogP contribution is 2.30. The fourth-order valence-electron chi connectivity index (χ4n) is 2.34. The zero-order valence-electron chi connectivity index (χ0n) is 12.6. The van der Waals surface area contributed by atoms with Crippen LogP contribution in [0.25, 0.3) is 0 Å². The highest BCUT2D eigenvalue weighted by molar-refractivity contribution is 6.30. The first kappa shape index (κ1) is 16.0. The van der Waals surface area contributed by atoms with Gasteiger partial charge in [0.25, 0.3) is 0 Å². The standard InChI is InChI=1S/C19H14ClNO3/c20-15-8-9-17(14(12-15)11-13-5-2-1-3-6-13)24-18-16(19(22)23)7-4-10-21-18/h1-10,12H,11H2,(H,22,23). The molecule has 0 aliphatic carbocycles. The monoisotopic (exact) mass is 339 g/mol. The summed E-state index contributed by atoms with van der Waals surface area (Å²) in [6.07, 6.45) is 2.11. The molecule has 0 bridgehead atoms. The summed E-state index contributed by atoms with van der Waals surface area (Å²) in [5, 5.41) is 9.84. The minimum absolute atomic E-state index is 0.0121. The number of hydrogen-bond donors (Lipinski definition) is 1. The quantitative estimate of drug-likeness (QED) is 0.724. The maximum Gasteiger partial charge on any atom is 0.341 e. The molecule has 0 spiro atoms. The summed E-state index contributed by atoms with van der Waals surface area (Å²) in [6.45, 7) is 0. The molecule has 5 heteroatoms. The van der Waals surface area contributed by atoms with Crippen molar-refractivity contribution in [3.8, 4) is 11.6 Å². The highest BCUT2D eigenvalue weighted by atomic mass is 35.5. The molecule has 3 rings (SSSR count). The second-order valence-corrected chi connectivity index (χ2v) is 5.61. The zero-order chi connectivity index (χ0) is 16.9. The van der Waals surface area contributed by atoms with Crippen LogP contribution in [0.5, 0.6) is 11.6 Å². The van der Waals surface area contributed by atoms with Gasteiger partial charge in [-0.3, -0.25) is 0 Å². The molecular weight excluding hydrogens is 326 g/mol.